The highest BCUT2D eigenvalue weighted by atomic mass is 35.5. The Labute approximate surface area is 158 Å². The van der Waals surface area contributed by atoms with Gasteiger partial charge in [0.25, 0.3) is 5.91 Å². The smallest absolute Gasteiger partial charge is 0.254 e. The van der Waals surface area contributed by atoms with E-state index in [9.17, 15) is 13.2 Å². The highest BCUT2D eigenvalue weighted by Gasteiger charge is 2.22. The molecule has 1 amide bonds. The van der Waals surface area contributed by atoms with Gasteiger partial charge >= 0.3 is 0 Å². The van der Waals surface area contributed by atoms with Crippen molar-refractivity contribution in [2.24, 2.45) is 0 Å². The molecule has 1 aromatic heterocycles. The van der Waals surface area contributed by atoms with E-state index >= 15 is 0 Å². The van der Waals surface area contributed by atoms with E-state index in [-0.39, 0.29) is 23.4 Å². The summed E-state index contributed by atoms with van der Waals surface area (Å²) >= 11 is 5.79. The Balaban J connectivity index is 2.08. The zero-order chi connectivity index (χ0) is 19.3. The summed E-state index contributed by atoms with van der Waals surface area (Å²) in [7, 11) is -2.24. The van der Waals surface area contributed by atoms with Gasteiger partial charge in [-0.2, -0.15) is 4.31 Å². The quantitative estimate of drug-likeness (QED) is 0.776. The Kier molecular flexibility index (Phi) is 6.69. The zero-order valence-corrected chi connectivity index (χ0v) is 16.4. The monoisotopic (exact) mass is 396 g/mol. The summed E-state index contributed by atoms with van der Waals surface area (Å²) in [6, 6.07) is 5.97. The molecule has 0 unspecified atom stereocenters. The van der Waals surface area contributed by atoms with Gasteiger partial charge < -0.3 is 5.32 Å². The lowest BCUT2D eigenvalue weighted by atomic mass is 10.2. The third-order valence-electron chi connectivity index (χ3n) is 3.84. The second-order valence-electron chi connectivity index (χ2n) is 5.89. The van der Waals surface area contributed by atoms with Crippen molar-refractivity contribution in [1.82, 2.24) is 19.6 Å². The third kappa shape index (κ3) is 5.00. The Bertz CT molecular complexity index is 855. The Hall–Kier alpha value is -2.03. The maximum Gasteiger partial charge on any atom is 0.254 e. The fraction of sp³-hybridized carbons (Fsp3) is 0.353. The molecule has 0 fully saturated rings. The lowest BCUT2D eigenvalue weighted by molar-refractivity contribution is 0.0938. The number of benzene rings is 1. The van der Waals surface area contributed by atoms with Crippen molar-refractivity contribution in [3.63, 3.8) is 0 Å². The average Bonchev–Trinajstić information content (AvgIpc) is 2.62. The summed E-state index contributed by atoms with van der Waals surface area (Å²) in [5.41, 5.74) is 0.331. The number of nitrogens with one attached hydrogen (secondary N) is 1. The number of aromatic nitrogens is 2. The number of carbonyl (C=O) groups is 1. The number of carbonyl (C=O) groups excluding carboxylic acids is 1. The van der Waals surface area contributed by atoms with Crippen LogP contribution in [0.25, 0.3) is 0 Å². The Morgan fingerprint density at radius 2 is 1.81 bits per heavy atom. The van der Waals surface area contributed by atoms with Crippen LogP contribution in [0, 0.1) is 0 Å². The summed E-state index contributed by atoms with van der Waals surface area (Å²) in [5, 5.41) is 3.28. The second-order valence-corrected chi connectivity index (χ2v) is 8.37. The molecule has 140 valence electrons. The lowest BCUT2D eigenvalue weighted by Gasteiger charge is -2.16. The molecule has 0 aliphatic rings. The normalized spacial score (nSPS) is 12.8. The molecule has 0 spiro atoms. The molecule has 0 saturated carbocycles. The minimum Gasteiger partial charge on any atom is -0.350 e. The highest BCUT2D eigenvalue weighted by molar-refractivity contribution is 7.89. The van der Waals surface area contributed by atoms with Crippen LogP contribution in [-0.4, -0.2) is 41.7 Å². The molecular formula is C17H21ClN4O3S. The van der Waals surface area contributed by atoms with Gasteiger partial charge in [-0.1, -0.05) is 18.5 Å². The van der Waals surface area contributed by atoms with Crippen LogP contribution in [0.15, 0.2) is 41.6 Å². The number of hydrogen-bond acceptors (Lipinski definition) is 5. The number of hydrogen-bond donors (Lipinski definition) is 1. The van der Waals surface area contributed by atoms with Crippen molar-refractivity contribution in [3.05, 3.63) is 53.1 Å². The first-order valence-electron chi connectivity index (χ1n) is 8.07. The predicted molar refractivity (Wildman–Crippen MR) is 99.4 cm³/mol. The standard InChI is InChI=1S/C17H21ClN4O3S/c1-4-12(2)21-17(23)13-9-19-16(20-10-13)11-22(3)26(24,25)15-7-5-14(18)6-8-15/h5-10,12H,4,11H2,1-3H3,(H,21,23)/t12-/m0/s1. The lowest BCUT2D eigenvalue weighted by Crippen LogP contribution is -2.32. The number of amides is 1. The molecule has 2 rings (SSSR count). The van der Waals surface area contributed by atoms with Crippen LogP contribution in [0.4, 0.5) is 0 Å². The third-order valence-corrected chi connectivity index (χ3v) is 5.91. The first kappa shape index (κ1) is 20.3. The SMILES string of the molecule is CC[C@H](C)NC(=O)c1cnc(CN(C)S(=O)(=O)c2ccc(Cl)cc2)nc1. The van der Waals surface area contributed by atoms with Gasteiger partial charge in [-0.15, -0.1) is 0 Å². The minimum absolute atomic E-state index is 0.0157. The van der Waals surface area contributed by atoms with E-state index in [1.54, 1.807) is 0 Å². The average molecular weight is 397 g/mol. The van der Waals surface area contributed by atoms with E-state index in [1.165, 1.54) is 43.7 Å². The molecule has 0 aliphatic heterocycles. The van der Waals surface area contributed by atoms with Crippen LogP contribution in [0.5, 0.6) is 0 Å². The van der Waals surface area contributed by atoms with Crippen molar-refractivity contribution < 1.29 is 13.2 Å². The first-order valence-corrected chi connectivity index (χ1v) is 9.89. The molecule has 1 aromatic carbocycles. The van der Waals surface area contributed by atoms with Crippen molar-refractivity contribution in [1.29, 1.82) is 0 Å². The van der Waals surface area contributed by atoms with E-state index in [1.807, 2.05) is 13.8 Å². The van der Waals surface area contributed by atoms with Crippen LogP contribution in [0.1, 0.15) is 36.5 Å². The van der Waals surface area contributed by atoms with Crippen molar-refractivity contribution in [2.45, 2.75) is 37.8 Å². The van der Waals surface area contributed by atoms with Gasteiger partial charge in [0.2, 0.25) is 10.0 Å². The van der Waals surface area contributed by atoms with Crippen LogP contribution >= 0.6 is 11.6 Å². The van der Waals surface area contributed by atoms with Crippen molar-refractivity contribution in [3.8, 4) is 0 Å². The maximum atomic E-state index is 12.5. The highest BCUT2D eigenvalue weighted by Crippen LogP contribution is 2.18. The molecular weight excluding hydrogens is 376 g/mol. The van der Waals surface area contributed by atoms with Gasteiger partial charge in [0.15, 0.2) is 0 Å². The van der Waals surface area contributed by atoms with E-state index in [0.717, 1.165) is 10.7 Å². The number of sulfonamides is 1. The number of nitrogens with zero attached hydrogens (tertiary/aromatic N) is 3. The summed E-state index contributed by atoms with van der Waals surface area (Å²) in [5.74, 6) is 0.0400. The first-order chi connectivity index (χ1) is 12.2. The molecule has 0 saturated heterocycles. The molecule has 7 nitrogen and oxygen atoms in total. The molecule has 0 radical (unpaired) electrons. The molecule has 9 heteroatoms. The van der Waals surface area contributed by atoms with E-state index in [0.29, 0.717) is 16.4 Å². The van der Waals surface area contributed by atoms with Crippen LogP contribution in [-0.2, 0) is 16.6 Å². The van der Waals surface area contributed by atoms with Crippen molar-refractivity contribution in [2.75, 3.05) is 7.05 Å². The van der Waals surface area contributed by atoms with Gasteiger partial charge in [-0.3, -0.25) is 4.79 Å². The summed E-state index contributed by atoms with van der Waals surface area (Å²) in [6.45, 7) is 3.86. The van der Waals surface area contributed by atoms with Gasteiger partial charge in [0.05, 0.1) is 17.0 Å². The molecule has 1 N–H and O–H groups in total. The van der Waals surface area contributed by atoms with E-state index < -0.39 is 10.0 Å². The zero-order valence-electron chi connectivity index (χ0n) is 14.8. The Morgan fingerprint density at radius 1 is 1.23 bits per heavy atom. The molecule has 2 aromatic rings. The molecule has 1 heterocycles. The fourth-order valence-corrected chi connectivity index (χ4v) is 3.28. The molecule has 26 heavy (non-hydrogen) atoms. The van der Waals surface area contributed by atoms with Gasteiger partial charge in [0.1, 0.15) is 5.82 Å². The topological polar surface area (TPSA) is 92.3 Å². The second kappa shape index (κ2) is 8.57. The number of rotatable bonds is 7. The molecule has 0 aliphatic carbocycles. The van der Waals surface area contributed by atoms with Crippen LogP contribution in [0.3, 0.4) is 0 Å². The number of halogens is 1. The van der Waals surface area contributed by atoms with Gasteiger partial charge in [-0.25, -0.2) is 18.4 Å². The summed E-state index contributed by atoms with van der Waals surface area (Å²) in [6.07, 6.45) is 3.60. The van der Waals surface area contributed by atoms with Crippen LogP contribution < -0.4 is 5.32 Å². The molecule has 1 atom stereocenters. The molecule has 0 bridgehead atoms. The summed E-state index contributed by atoms with van der Waals surface area (Å²) < 4.78 is 26.2. The van der Waals surface area contributed by atoms with Gasteiger partial charge in [0, 0.05) is 30.5 Å². The fourth-order valence-electron chi connectivity index (χ4n) is 2.03. The predicted octanol–water partition coefficient (Wildman–Crippen LogP) is 2.48. The largest absolute Gasteiger partial charge is 0.350 e. The van der Waals surface area contributed by atoms with Crippen LogP contribution in [0.2, 0.25) is 5.02 Å². The maximum absolute atomic E-state index is 12.5. The van der Waals surface area contributed by atoms with Crippen molar-refractivity contribution >= 4 is 27.5 Å². The van der Waals surface area contributed by atoms with Gasteiger partial charge in [-0.05, 0) is 37.6 Å². The summed E-state index contributed by atoms with van der Waals surface area (Å²) in [4.78, 5) is 20.3. The van der Waals surface area contributed by atoms with E-state index in [4.69, 9.17) is 11.6 Å². The Morgan fingerprint density at radius 3 is 2.35 bits per heavy atom. The van der Waals surface area contributed by atoms with E-state index in [2.05, 4.69) is 15.3 Å². The minimum atomic E-state index is -3.68.